The highest BCUT2D eigenvalue weighted by Gasteiger charge is 2.36. The average Bonchev–Trinajstić information content (AvgIpc) is 3.40. The molecule has 0 fully saturated rings. The molecule has 10 nitrogen and oxygen atoms in total. The van der Waals surface area contributed by atoms with Gasteiger partial charge in [0.15, 0.2) is 5.69 Å². The molecule has 0 bridgehead atoms. The maximum Gasteiger partial charge on any atom is 0.273 e. The number of nitrogens with zero attached hydrogens (tertiary/aromatic N) is 3. The van der Waals surface area contributed by atoms with Gasteiger partial charge in [0.25, 0.3) is 11.8 Å². The van der Waals surface area contributed by atoms with E-state index in [9.17, 15) is 18.8 Å². The molecule has 0 aliphatic carbocycles. The summed E-state index contributed by atoms with van der Waals surface area (Å²) in [7, 11) is 1.52. The molecule has 0 saturated heterocycles. The smallest absolute Gasteiger partial charge is 0.273 e. The zero-order chi connectivity index (χ0) is 30.7. The summed E-state index contributed by atoms with van der Waals surface area (Å²) in [6, 6.07) is 20.1. The van der Waals surface area contributed by atoms with Gasteiger partial charge in [0.05, 0.1) is 18.3 Å². The molecule has 0 radical (unpaired) electrons. The Kier molecular flexibility index (Phi) is 8.30. The predicted molar refractivity (Wildman–Crippen MR) is 162 cm³/mol. The number of aromatic nitrogens is 2. The fourth-order valence-electron chi connectivity index (χ4n) is 4.58. The summed E-state index contributed by atoms with van der Waals surface area (Å²) in [4.78, 5) is 46.1. The largest absolute Gasteiger partial charge is 0.497 e. The number of aryl methyl sites for hydroxylation is 1. The Morgan fingerprint density at radius 2 is 1.74 bits per heavy atom. The molecule has 0 spiro atoms. The standard InChI is InChI=1S/C31H27FN6O4S/c1-17-3-6-20-15-22(11-14-24(20)36-17)38(31(41)28-25(33)26(29(34)39)37-43-28)27(19-7-12-23(42-2)13-8-19)30(40)35-16-18-4-9-21(32)10-5-18/h3-15,27H,16,33H2,1-2H3,(H2,34,39)(H,35,40)/t27-/m1/s1. The van der Waals surface area contributed by atoms with E-state index in [1.165, 1.54) is 24.1 Å². The van der Waals surface area contributed by atoms with Gasteiger partial charge in [0.1, 0.15) is 22.5 Å². The lowest BCUT2D eigenvalue weighted by Gasteiger charge is -2.31. The molecule has 5 N–H and O–H groups in total. The molecule has 43 heavy (non-hydrogen) atoms. The molecular formula is C31H27FN6O4S. The Morgan fingerprint density at radius 1 is 1.02 bits per heavy atom. The first kappa shape index (κ1) is 29.1. The molecule has 0 aliphatic heterocycles. The minimum Gasteiger partial charge on any atom is -0.497 e. The number of carbonyl (C=O) groups excluding carboxylic acids is 3. The van der Waals surface area contributed by atoms with Gasteiger partial charge in [-0.15, -0.1) is 0 Å². The Labute approximate surface area is 250 Å². The number of halogens is 1. The molecular weight excluding hydrogens is 571 g/mol. The van der Waals surface area contributed by atoms with Crippen LogP contribution in [0.3, 0.4) is 0 Å². The number of nitrogens with two attached hydrogens (primary N) is 2. The molecule has 2 aromatic heterocycles. The molecule has 3 aromatic carbocycles. The van der Waals surface area contributed by atoms with E-state index in [-0.39, 0.29) is 22.8 Å². The normalized spacial score (nSPS) is 11.6. The lowest BCUT2D eigenvalue weighted by molar-refractivity contribution is -0.122. The summed E-state index contributed by atoms with van der Waals surface area (Å²) in [6.45, 7) is 1.94. The SMILES string of the molecule is COc1ccc([C@H](C(=O)NCc2ccc(F)cc2)N(C(=O)c2snc(C(N)=O)c2N)c2ccc3nc(C)ccc3c2)cc1. The van der Waals surface area contributed by atoms with Crippen LogP contribution >= 0.6 is 11.5 Å². The number of hydrogen-bond acceptors (Lipinski definition) is 8. The zero-order valence-corrected chi connectivity index (χ0v) is 24.0. The van der Waals surface area contributed by atoms with Gasteiger partial charge in [-0.2, -0.15) is 4.37 Å². The van der Waals surface area contributed by atoms with E-state index >= 15 is 0 Å². The second-order valence-electron chi connectivity index (χ2n) is 9.66. The number of primary amides is 1. The van der Waals surface area contributed by atoms with E-state index < -0.39 is 29.6 Å². The number of carbonyl (C=O) groups is 3. The molecule has 3 amide bonds. The minimum absolute atomic E-state index is 0.0548. The van der Waals surface area contributed by atoms with Gasteiger partial charge < -0.3 is 21.5 Å². The average molecular weight is 599 g/mol. The van der Waals surface area contributed by atoms with Crippen LogP contribution in [0, 0.1) is 12.7 Å². The zero-order valence-electron chi connectivity index (χ0n) is 23.2. The Balaban J connectivity index is 1.65. The number of nitrogens with one attached hydrogen (secondary N) is 1. The molecule has 5 aromatic rings. The number of benzene rings is 3. The van der Waals surface area contributed by atoms with Crippen LogP contribution in [-0.4, -0.2) is 34.2 Å². The number of rotatable bonds is 9. The van der Waals surface area contributed by atoms with Crippen molar-refractivity contribution in [1.29, 1.82) is 0 Å². The van der Waals surface area contributed by atoms with Crippen LogP contribution in [0.1, 0.15) is 43.0 Å². The van der Waals surface area contributed by atoms with Gasteiger partial charge in [-0.25, -0.2) is 4.39 Å². The lowest BCUT2D eigenvalue weighted by Crippen LogP contribution is -2.44. The third-order valence-corrected chi connectivity index (χ3v) is 7.63. The third-order valence-electron chi connectivity index (χ3n) is 6.78. The number of methoxy groups -OCH3 is 1. The number of hydrogen-bond donors (Lipinski definition) is 3. The maximum absolute atomic E-state index is 14.3. The van der Waals surface area contributed by atoms with Crippen LogP contribution in [-0.2, 0) is 11.3 Å². The topological polar surface area (TPSA) is 154 Å². The van der Waals surface area contributed by atoms with Gasteiger partial charge in [0, 0.05) is 23.3 Å². The van der Waals surface area contributed by atoms with Crippen molar-refractivity contribution in [1.82, 2.24) is 14.7 Å². The van der Waals surface area contributed by atoms with E-state index in [2.05, 4.69) is 14.7 Å². The maximum atomic E-state index is 14.3. The molecule has 12 heteroatoms. The summed E-state index contributed by atoms with van der Waals surface area (Å²) in [6.07, 6.45) is 0. The summed E-state index contributed by atoms with van der Waals surface area (Å²) in [5.74, 6) is -1.92. The first-order chi connectivity index (χ1) is 20.7. The lowest BCUT2D eigenvalue weighted by atomic mass is 10.0. The molecule has 0 unspecified atom stereocenters. The van der Waals surface area contributed by atoms with Gasteiger partial charge in [-0.1, -0.05) is 30.3 Å². The van der Waals surface area contributed by atoms with E-state index in [0.717, 1.165) is 11.1 Å². The van der Waals surface area contributed by atoms with Gasteiger partial charge in [-0.3, -0.25) is 24.3 Å². The minimum atomic E-state index is -1.21. The highest BCUT2D eigenvalue weighted by molar-refractivity contribution is 7.09. The summed E-state index contributed by atoms with van der Waals surface area (Å²) in [5, 5.41) is 3.60. The van der Waals surface area contributed by atoms with Crippen molar-refractivity contribution in [2.45, 2.75) is 19.5 Å². The molecule has 0 aliphatic rings. The quantitative estimate of drug-likeness (QED) is 0.225. The fourth-order valence-corrected chi connectivity index (χ4v) is 5.32. The van der Waals surface area contributed by atoms with Gasteiger partial charge in [0.2, 0.25) is 5.91 Å². The van der Waals surface area contributed by atoms with Crippen molar-refractivity contribution in [3.05, 3.63) is 112 Å². The number of ether oxygens (including phenoxy) is 1. The predicted octanol–water partition coefficient (Wildman–Crippen LogP) is 4.53. The van der Waals surface area contributed by atoms with Gasteiger partial charge >= 0.3 is 0 Å². The molecule has 0 saturated carbocycles. The summed E-state index contributed by atoms with van der Waals surface area (Å²) in [5.41, 5.74) is 14.2. The first-order valence-electron chi connectivity index (χ1n) is 13.1. The van der Waals surface area contributed by atoms with Crippen LogP contribution in [0.5, 0.6) is 5.75 Å². The Hall–Kier alpha value is -5.36. The van der Waals surface area contributed by atoms with Crippen molar-refractivity contribution < 1.29 is 23.5 Å². The van der Waals surface area contributed by atoms with Crippen LogP contribution in [0.2, 0.25) is 0 Å². The molecule has 2 heterocycles. The first-order valence-corrected chi connectivity index (χ1v) is 13.9. The van der Waals surface area contributed by atoms with Crippen molar-refractivity contribution in [2.24, 2.45) is 5.73 Å². The second-order valence-corrected chi connectivity index (χ2v) is 10.4. The van der Waals surface area contributed by atoms with E-state index in [1.54, 1.807) is 54.6 Å². The van der Waals surface area contributed by atoms with E-state index in [0.29, 0.717) is 39.6 Å². The monoisotopic (exact) mass is 598 g/mol. The second kappa shape index (κ2) is 12.2. The molecule has 218 valence electrons. The van der Waals surface area contributed by atoms with Crippen molar-refractivity contribution >= 4 is 51.5 Å². The van der Waals surface area contributed by atoms with Gasteiger partial charge in [-0.05, 0) is 78.1 Å². The number of amides is 3. The summed E-state index contributed by atoms with van der Waals surface area (Å²) >= 11 is 0.717. The van der Waals surface area contributed by atoms with Crippen LogP contribution in [0.4, 0.5) is 15.8 Å². The molecule has 5 rings (SSSR count). The van der Waals surface area contributed by atoms with Crippen LogP contribution in [0.15, 0.2) is 78.9 Å². The highest BCUT2D eigenvalue weighted by Crippen LogP contribution is 2.35. The Morgan fingerprint density at radius 3 is 2.40 bits per heavy atom. The molecule has 1 atom stereocenters. The number of nitrogen functional groups attached to an aromatic ring is 1. The fraction of sp³-hybridized carbons (Fsp3) is 0.129. The van der Waals surface area contributed by atoms with E-state index in [1.807, 2.05) is 19.1 Å². The Bertz CT molecular complexity index is 1830. The number of pyridine rings is 1. The third kappa shape index (κ3) is 6.14. The van der Waals surface area contributed by atoms with Crippen LogP contribution < -0.4 is 26.4 Å². The summed E-state index contributed by atoms with van der Waals surface area (Å²) < 4.78 is 22.8. The number of anilines is 2. The van der Waals surface area contributed by atoms with Crippen molar-refractivity contribution in [3.8, 4) is 5.75 Å². The van der Waals surface area contributed by atoms with Crippen LogP contribution in [0.25, 0.3) is 10.9 Å². The van der Waals surface area contributed by atoms with Crippen molar-refractivity contribution in [2.75, 3.05) is 17.7 Å². The highest BCUT2D eigenvalue weighted by atomic mass is 32.1. The van der Waals surface area contributed by atoms with Crippen molar-refractivity contribution in [3.63, 3.8) is 0 Å². The van der Waals surface area contributed by atoms with E-state index in [4.69, 9.17) is 16.2 Å². The number of fused-ring (bicyclic) bond motifs is 1.